The largest absolute Gasteiger partial charge is 0.497 e. The third kappa shape index (κ3) is 3.03. The molecule has 0 amide bonds. The summed E-state index contributed by atoms with van der Waals surface area (Å²) in [5.74, 6) is 1.88. The molecule has 3 rings (SSSR count). The molecule has 0 fully saturated rings. The maximum absolute atomic E-state index is 11.9. The molecule has 2 aromatic heterocycles. The lowest BCUT2D eigenvalue weighted by Crippen LogP contribution is -2.20. The lowest BCUT2D eigenvalue weighted by molar-refractivity contribution is 0.414. The van der Waals surface area contributed by atoms with Gasteiger partial charge < -0.3 is 4.74 Å². The predicted octanol–water partition coefficient (Wildman–Crippen LogP) is -0.0734. The Hall–Kier alpha value is -2.97. The van der Waals surface area contributed by atoms with E-state index in [-0.39, 0.29) is 5.69 Å². The molecule has 0 atom stereocenters. The predicted molar refractivity (Wildman–Crippen MR) is 76.5 cm³/mol. The third-order valence-corrected chi connectivity index (χ3v) is 3.33. The van der Waals surface area contributed by atoms with E-state index in [2.05, 4.69) is 30.8 Å². The normalized spacial score (nSPS) is 10.8. The molecule has 3 aromatic rings. The summed E-state index contributed by atoms with van der Waals surface area (Å²) >= 11 is 0. The van der Waals surface area contributed by atoms with Gasteiger partial charge in [-0.1, -0.05) is 17.3 Å². The summed E-state index contributed by atoms with van der Waals surface area (Å²) in [5, 5.41) is 20.1. The zero-order chi connectivity index (χ0) is 15.4. The SMILES string of the molecule is COc1ccc(CCn2c(Cc3nn[nH]n3)n[nH]c2=O)cc1. The van der Waals surface area contributed by atoms with E-state index < -0.39 is 0 Å². The van der Waals surface area contributed by atoms with Gasteiger partial charge in [-0.25, -0.2) is 9.89 Å². The van der Waals surface area contributed by atoms with E-state index in [1.54, 1.807) is 11.7 Å². The van der Waals surface area contributed by atoms with Crippen molar-refractivity contribution in [1.29, 1.82) is 0 Å². The second kappa shape index (κ2) is 6.20. The van der Waals surface area contributed by atoms with Gasteiger partial charge in [-0.05, 0) is 24.1 Å². The zero-order valence-corrected chi connectivity index (χ0v) is 12.0. The van der Waals surface area contributed by atoms with E-state index in [0.717, 1.165) is 11.3 Å². The van der Waals surface area contributed by atoms with Crippen LogP contribution in [0.4, 0.5) is 0 Å². The molecule has 0 spiro atoms. The Kier molecular flexibility index (Phi) is 3.95. The number of tetrazole rings is 1. The van der Waals surface area contributed by atoms with E-state index in [0.29, 0.717) is 31.0 Å². The van der Waals surface area contributed by atoms with E-state index in [1.807, 2.05) is 24.3 Å². The highest BCUT2D eigenvalue weighted by Crippen LogP contribution is 2.12. The number of hydrogen-bond donors (Lipinski definition) is 2. The molecule has 0 radical (unpaired) electrons. The number of nitrogens with zero attached hydrogens (tertiary/aromatic N) is 5. The molecule has 0 saturated heterocycles. The molecule has 0 bridgehead atoms. The van der Waals surface area contributed by atoms with Gasteiger partial charge in [0.05, 0.1) is 13.5 Å². The lowest BCUT2D eigenvalue weighted by Gasteiger charge is -2.06. The average Bonchev–Trinajstić information content (AvgIpc) is 3.17. The van der Waals surface area contributed by atoms with Crippen molar-refractivity contribution >= 4 is 0 Å². The van der Waals surface area contributed by atoms with Gasteiger partial charge in [-0.2, -0.15) is 10.3 Å². The van der Waals surface area contributed by atoms with Crippen LogP contribution >= 0.6 is 0 Å². The third-order valence-electron chi connectivity index (χ3n) is 3.33. The maximum atomic E-state index is 11.9. The topological polar surface area (TPSA) is 114 Å². The second-order valence-electron chi connectivity index (χ2n) is 4.70. The Labute approximate surface area is 125 Å². The monoisotopic (exact) mass is 301 g/mol. The fourth-order valence-corrected chi connectivity index (χ4v) is 2.15. The quantitative estimate of drug-likeness (QED) is 0.658. The number of aryl methyl sites for hydroxylation is 1. The number of benzene rings is 1. The Bertz CT molecular complexity index is 774. The first-order valence-electron chi connectivity index (χ1n) is 6.75. The highest BCUT2D eigenvalue weighted by atomic mass is 16.5. The van der Waals surface area contributed by atoms with Crippen LogP contribution in [0.15, 0.2) is 29.1 Å². The lowest BCUT2D eigenvalue weighted by atomic mass is 10.1. The minimum Gasteiger partial charge on any atom is -0.497 e. The van der Waals surface area contributed by atoms with Crippen molar-refractivity contribution in [3.63, 3.8) is 0 Å². The Balaban J connectivity index is 1.71. The van der Waals surface area contributed by atoms with Crippen molar-refractivity contribution in [2.75, 3.05) is 7.11 Å². The molecule has 1 aromatic carbocycles. The number of H-pyrrole nitrogens is 2. The van der Waals surface area contributed by atoms with Gasteiger partial charge in [0.1, 0.15) is 11.6 Å². The molecule has 0 unspecified atom stereocenters. The van der Waals surface area contributed by atoms with Crippen LogP contribution in [0, 0.1) is 0 Å². The number of aromatic nitrogens is 7. The van der Waals surface area contributed by atoms with Crippen LogP contribution in [0.3, 0.4) is 0 Å². The maximum Gasteiger partial charge on any atom is 0.343 e. The van der Waals surface area contributed by atoms with Gasteiger partial charge in [0, 0.05) is 6.54 Å². The number of rotatable bonds is 6. The molecule has 2 N–H and O–H groups in total. The van der Waals surface area contributed by atoms with Crippen molar-refractivity contribution in [2.45, 2.75) is 19.4 Å². The number of aromatic amines is 2. The van der Waals surface area contributed by atoms with Gasteiger partial charge in [-0.15, -0.1) is 10.2 Å². The summed E-state index contributed by atoms with van der Waals surface area (Å²) in [6.45, 7) is 0.523. The van der Waals surface area contributed by atoms with Crippen LogP contribution in [-0.2, 0) is 19.4 Å². The van der Waals surface area contributed by atoms with Crippen LogP contribution in [0.5, 0.6) is 5.75 Å². The summed E-state index contributed by atoms with van der Waals surface area (Å²) in [6, 6.07) is 7.74. The van der Waals surface area contributed by atoms with Crippen molar-refractivity contribution in [3.8, 4) is 5.75 Å². The molecule has 0 aliphatic carbocycles. The van der Waals surface area contributed by atoms with E-state index in [4.69, 9.17) is 4.74 Å². The molecule has 0 aliphatic rings. The van der Waals surface area contributed by atoms with Gasteiger partial charge in [0.15, 0.2) is 5.82 Å². The van der Waals surface area contributed by atoms with Crippen LogP contribution in [-0.4, -0.2) is 42.5 Å². The van der Waals surface area contributed by atoms with Gasteiger partial charge in [0.2, 0.25) is 0 Å². The zero-order valence-electron chi connectivity index (χ0n) is 12.0. The number of hydrogen-bond acceptors (Lipinski definition) is 6. The van der Waals surface area contributed by atoms with Crippen LogP contribution in [0.2, 0.25) is 0 Å². The summed E-state index contributed by atoms with van der Waals surface area (Å²) < 4.78 is 6.71. The molecule has 9 heteroatoms. The Morgan fingerprint density at radius 3 is 2.73 bits per heavy atom. The minimum atomic E-state index is -0.244. The molecule has 22 heavy (non-hydrogen) atoms. The molecular weight excluding hydrogens is 286 g/mol. The van der Waals surface area contributed by atoms with Gasteiger partial charge >= 0.3 is 5.69 Å². The number of methoxy groups -OCH3 is 1. The van der Waals surface area contributed by atoms with Crippen molar-refractivity contribution in [2.24, 2.45) is 0 Å². The first-order valence-corrected chi connectivity index (χ1v) is 6.75. The average molecular weight is 301 g/mol. The molecular formula is C13H15N7O2. The van der Waals surface area contributed by atoms with E-state index in [1.165, 1.54) is 0 Å². The minimum absolute atomic E-state index is 0.244. The second-order valence-corrected chi connectivity index (χ2v) is 4.70. The van der Waals surface area contributed by atoms with Crippen LogP contribution in [0.1, 0.15) is 17.2 Å². The highest BCUT2D eigenvalue weighted by molar-refractivity contribution is 5.27. The first-order chi connectivity index (χ1) is 10.8. The Morgan fingerprint density at radius 2 is 2.05 bits per heavy atom. The standard InChI is InChI=1S/C13H15N7O2/c1-22-10-4-2-9(3-5-10)6-7-20-12(16-17-13(20)21)8-11-14-18-19-15-11/h2-5H,6-8H2,1H3,(H,17,21)(H,14,15,18,19). The summed E-state index contributed by atoms with van der Waals surface area (Å²) in [7, 11) is 1.63. The van der Waals surface area contributed by atoms with E-state index >= 15 is 0 Å². The fourth-order valence-electron chi connectivity index (χ4n) is 2.15. The first kappa shape index (κ1) is 14.0. The fraction of sp³-hybridized carbons (Fsp3) is 0.308. The smallest absolute Gasteiger partial charge is 0.343 e. The number of ether oxygens (including phenoxy) is 1. The van der Waals surface area contributed by atoms with Gasteiger partial charge in [-0.3, -0.25) is 4.57 Å². The summed E-state index contributed by atoms with van der Waals surface area (Å²) in [5.41, 5.74) is 0.867. The van der Waals surface area contributed by atoms with Crippen LogP contribution < -0.4 is 10.4 Å². The highest BCUT2D eigenvalue weighted by Gasteiger charge is 2.11. The molecule has 0 aliphatic heterocycles. The Morgan fingerprint density at radius 1 is 1.23 bits per heavy atom. The summed E-state index contributed by atoms with van der Waals surface area (Å²) in [6.07, 6.45) is 1.06. The van der Waals surface area contributed by atoms with Crippen LogP contribution in [0.25, 0.3) is 0 Å². The molecule has 9 nitrogen and oxygen atoms in total. The summed E-state index contributed by atoms with van der Waals surface area (Å²) in [4.78, 5) is 11.9. The van der Waals surface area contributed by atoms with Crippen molar-refractivity contribution < 1.29 is 4.74 Å². The molecule has 2 heterocycles. The van der Waals surface area contributed by atoms with Crippen molar-refractivity contribution in [3.05, 3.63) is 52.0 Å². The van der Waals surface area contributed by atoms with Gasteiger partial charge in [0.25, 0.3) is 0 Å². The molecule has 114 valence electrons. The number of nitrogens with one attached hydrogen (secondary N) is 2. The molecule has 0 saturated carbocycles. The van der Waals surface area contributed by atoms with E-state index in [9.17, 15) is 4.79 Å². The van der Waals surface area contributed by atoms with Crippen molar-refractivity contribution in [1.82, 2.24) is 35.4 Å².